The summed E-state index contributed by atoms with van der Waals surface area (Å²) >= 11 is 0. The van der Waals surface area contributed by atoms with Crippen LogP contribution in [0.25, 0.3) is 10.4 Å². The number of amides is 1. The fourth-order valence-corrected chi connectivity index (χ4v) is 8.32. The van der Waals surface area contributed by atoms with E-state index in [1.54, 1.807) is 25.9 Å². The van der Waals surface area contributed by atoms with Crippen molar-refractivity contribution in [2.24, 2.45) is 22.9 Å². The summed E-state index contributed by atoms with van der Waals surface area (Å²) in [4.78, 5) is 32.6. The second-order valence-electron chi connectivity index (χ2n) is 15.9. The topological polar surface area (TPSA) is 165 Å². The molecule has 3 aliphatic heterocycles. The molecule has 1 N–H and O–H groups in total. The molecule has 14 heteroatoms. The van der Waals surface area contributed by atoms with Gasteiger partial charge in [0.1, 0.15) is 5.76 Å². The van der Waals surface area contributed by atoms with Gasteiger partial charge in [0, 0.05) is 56.8 Å². The maximum Gasteiger partial charge on any atom is 0.410 e. The normalized spacial score (nSPS) is 31.4. The molecule has 0 aromatic rings. The van der Waals surface area contributed by atoms with Crippen LogP contribution in [-0.4, -0.2) is 115 Å². The number of cyclic esters (lactones) is 2. The van der Waals surface area contributed by atoms with Crippen molar-refractivity contribution in [1.82, 2.24) is 9.80 Å². The molecule has 14 nitrogen and oxygen atoms in total. The van der Waals surface area contributed by atoms with Crippen LogP contribution in [0.1, 0.15) is 107 Å². The van der Waals surface area contributed by atoms with Crippen molar-refractivity contribution in [2.45, 2.75) is 161 Å². The first-order valence-electron chi connectivity index (χ1n) is 18.7. The summed E-state index contributed by atoms with van der Waals surface area (Å²) in [6.07, 6.45) is 3.57. The summed E-state index contributed by atoms with van der Waals surface area (Å²) in [7, 11) is 5.82. The van der Waals surface area contributed by atoms with Gasteiger partial charge in [-0.1, -0.05) is 39.2 Å². The second kappa shape index (κ2) is 17.9. The molecule has 3 heterocycles. The molecule has 3 rings (SSSR count). The number of methoxy groups -OCH3 is 1. The van der Waals surface area contributed by atoms with Crippen LogP contribution in [0.3, 0.4) is 0 Å². The second-order valence-corrected chi connectivity index (χ2v) is 15.9. The van der Waals surface area contributed by atoms with Gasteiger partial charge in [-0.3, -0.25) is 0 Å². The van der Waals surface area contributed by atoms with Gasteiger partial charge in [-0.2, -0.15) is 0 Å². The number of aliphatic hydroxyl groups excluding tert-OH is 1. The summed E-state index contributed by atoms with van der Waals surface area (Å²) in [6.45, 7) is 18.2. The van der Waals surface area contributed by atoms with Gasteiger partial charge in [0.05, 0.1) is 36.0 Å². The van der Waals surface area contributed by atoms with Crippen LogP contribution in [-0.2, 0) is 33.2 Å². The van der Waals surface area contributed by atoms with E-state index < -0.39 is 53.5 Å². The van der Waals surface area contributed by atoms with Crippen molar-refractivity contribution in [3.05, 3.63) is 22.3 Å². The van der Waals surface area contributed by atoms with Crippen LogP contribution in [0.5, 0.6) is 0 Å². The number of carbonyl (C=O) groups is 2. The minimum absolute atomic E-state index is 0.0191. The average Bonchev–Trinajstić information content (AvgIpc) is 3.32. The standard InChI is InChI=1S/C37H65N5O9/c1-13-29(43)37(9)31(42(34(45)51-37)20-15-14-19-39-40-38)23(2)17-16-18-36(8,46-12)32(26(5)28-22-30(44)50-35(6,7)49-28)48-33-25(4)27(41(10)11)21-24(3)47-33/h22-27,29,31-33,43H,13-21H2,1-12H3/t23-,24?,25?,26-,27?,29+,31+,32+,33-,36+,37+/m0/s1. The van der Waals surface area contributed by atoms with Gasteiger partial charge < -0.3 is 43.3 Å². The predicted molar refractivity (Wildman–Crippen MR) is 192 cm³/mol. The Kier molecular flexibility index (Phi) is 15.1. The van der Waals surface area contributed by atoms with Crippen LogP contribution in [0.4, 0.5) is 4.79 Å². The number of hydrogen-bond acceptors (Lipinski definition) is 11. The molecule has 0 aromatic carbocycles. The van der Waals surface area contributed by atoms with Crippen molar-refractivity contribution in [3.63, 3.8) is 0 Å². The number of aliphatic hydroxyl groups is 1. The Labute approximate surface area is 305 Å². The van der Waals surface area contributed by atoms with E-state index in [2.05, 4.69) is 49.8 Å². The summed E-state index contributed by atoms with van der Waals surface area (Å²) in [5, 5.41) is 14.7. The van der Waals surface area contributed by atoms with Crippen molar-refractivity contribution in [3.8, 4) is 0 Å². The van der Waals surface area contributed by atoms with E-state index in [0.717, 1.165) is 6.42 Å². The number of nitrogens with zero attached hydrogens (tertiary/aromatic N) is 5. The molecule has 0 aromatic heterocycles. The minimum Gasteiger partial charge on any atom is -0.456 e. The average molecular weight is 724 g/mol. The van der Waals surface area contributed by atoms with E-state index in [-0.39, 0.29) is 30.0 Å². The number of carbonyl (C=O) groups excluding carboxylic acids is 2. The number of ether oxygens (including phenoxy) is 6. The van der Waals surface area contributed by atoms with Crippen molar-refractivity contribution in [2.75, 3.05) is 34.3 Å². The van der Waals surface area contributed by atoms with Gasteiger partial charge in [0.15, 0.2) is 11.9 Å². The Morgan fingerprint density at radius 1 is 1.16 bits per heavy atom. The largest absolute Gasteiger partial charge is 0.456 e. The molecule has 3 aliphatic rings. The summed E-state index contributed by atoms with van der Waals surface area (Å²) in [5.41, 5.74) is 6.71. The Morgan fingerprint density at radius 3 is 2.43 bits per heavy atom. The highest BCUT2D eigenvalue weighted by Crippen LogP contribution is 2.42. The third-order valence-electron chi connectivity index (χ3n) is 11.2. The van der Waals surface area contributed by atoms with Gasteiger partial charge in [-0.25, -0.2) is 9.59 Å². The SMILES string of the molecule is CC[C@@H](O)[C@@]1(C)OC(=O)N(CCCCN=[N+]=[N-])[C@@H]1[C@@H](C)CCC[C@@](C)(OC)[C@H](O[C@@H]1OC(C)CC(N(C)C)C1C)[C@@H](C)C1=CC(=O)OC(C)(C)O1. The lowest BCUT2D eigenvalue weighted by molar-refractivity contribution is -0.284. The van der Waals surface area contributed by atoms with Gasteiger partial charge in [0.25, 0.3) is 0 Å². The molecular weight excluding hydrogens is 658 g/mol. The Morgan fingerprint density at radius 2 is 1.84 bits per heavy atom. The number of hydrogen-bond donors (Lipinski definition) is 1. The number of esters is 1. The maximum absolute atomic E-state index is 13.2. The molecule has 1 amide bonds. The van der Waals surface area contributed by atoms with E-state index in [0.29, 0.717) is 57.4 Å². The smallest absolute Gasteiger partial charge is 0.410 e. The summed E-state index contributed by atoms with van der Waals surface area (Å²) < 4.78 is 37.3. The fraction of sp³-hybridized carbons (Fsp3) is 0.892. The molecule has 2 fully saturated rings. The van der Waals surface area contributed by atoms with Crippen molar-refractivity contribution in [1.29, 1.82) is 0 Å². The van der Waals surface area contributed by atoms with Crippen LogP contribution in [0.15, 0.2) is 16.9 Å². The lowest BCUT2D eigenvalue weighted by atomic mass is 9.78. The highest BCUT2D eigenvalue weighted by Gasteiger charge is 2.56. The van der Waals surface area contributed by atoms with Gasteiger partial charge in [-0.15, -0.1) is 0 Å². The molecule has 0 spiro atoms. The van der Waals surface area contributed by atoms with E-state index in [4.69, 9.17) is 34.0 Å². The van der Waals surface area contributed by atoms with Crippen molar-refractivity contribution >= 4 is 12.1 Å². The molecule has 0 saturated carbocycles. The fourth-order valence-electron chi connectivity index (χ4n) is 8.32. The van der Waals surface area contributed by atoms with Crippen LogP contribution in [0.2, 0.25) is 0 Å². The predicted octanol–water partition coefficient (Wildman–Crippen LogP) is 6.55. The van der Waals surface area contributed by atoms with E-state index >= 15 is 0 Å². The highest BCUT2D eigenvalue weighted by molar-refractivity contribution is 5.83. The summed E-state index contributed by atoms with van der Waals surface area (Å²) in [6, 6.07) is -0.122. The first-order valence-corrected chi connectivity index (χ1v) is 18.7. The molecule has 3 unspecified atom stereocenters. The zero-order valence-electron chi connectivity index (χ0n) is 33.1. The molecule has 2 saturated heterocycles. The van der Waals surface area contributed by atoms with Crippen molar-refractivity contribution < 1.29 is 43.1 Å². The molecule has 0 radical (unpaired) electrons. The molecule has 0 aliphatic carbocycles. The van der Waals surface area contributed by atoms with E-state index in [1.807, 2.05) is 27.7 Å². The Bertz CT molecular complexity index is 1260. The lowest BCUT2D eigenvalue weighted by Crippen LogP contribution is -2.55. The molecule has 292 valence electrons. The highest BCUT2D eigenvalue weighted by atomic mass is 16.7. The van der Waals surface area contributed by atoms with E-state index in [1.165, 1.54) is 6.08 Å². The maximum atomic E-state index is 13.2. The van der Waals surface area contributed by atoms with Gasteiger partial charge >= 0.3 is 12.1 Å². The third kappa shape index (κ3) is 10.3. The Balaban J connectivity index is 1.88. The van der Waals surface area contributed by atoms with Crippen LogP contribution >= 0.6 is 0 Å². The molecular formula is C37H65N5O9. The molecule has 11 atom stereocenters. The lowest BCUT2D eigenvalue weighted by Gasteiger charge is -2.47. The zero-order valence-corrected chi connectivity index (χ0v) is 33.1. The number of rotatable bonds is 19. The third-order valence-corrected chi connectivity index (χ3v) is 11.2. The van der Waals surface area contributed by atoms with E-state index in [9.17, 15) is 14.7 Å². The zero-order chi connectivity index (χ0) is 38.3. The monoisotopic (exact) mass is 723 g/mol. The van der Waals surface area contributed by atoms with Gasteiger partial charge in [-0.05, 0) is 84.8 Å². The number of azide groups is 1. The summed E-state index contributed by atoms with van der Waals surface area (Å²) in [5.74, 6) is -1.55. The van der Waals surface area contributed by atoms with Crippen LogP contribution in [0, 0.1) is 17.8 Å². The quantitative estimate of drug-likeness (QED) is 0.0508. The minimum atomic E-state index is -1.14. The molecule has 51 heavy (non-hydrogen) atoms. The first kappa shape index (κ1) is 42.8. The number of unbranched alkanes of at least 4 members (excludes halogenated alkanes) is 1. The van der Waals surface area contributed by atoms with Crippen LogP contribution < -0.4 is 0 Å². The molecule has 0 bridgehead atoms. The first-order chi connectivity index (χ1) is 23.8. The Hall–Kier alpha value is -2.61. The van der Waals surface area contributed by atoms with Gasteiger partial charge in [0.2, 0.25) is 5.79 Å².